The molecule has 6 nitrogen and oxygen atoms in total. The van der Waals surface area contributed by atoms with Crippen LogP contribution in [0.5, 0.6) is 0 Å². The van der Waals surface area contributed by atoms with Crippen molar-refractivity contribution in [2.24, 2.45) is 5.92 Å². The minimum Gasteiger partial charge on any atom is -0.375 e. The van der Waals surface area contributed by atoms with Gasteiger partial charge in [-0.25, -0.2) is 8.42 Å². The van der Waals surface area contributed by atoms with E-state index in [1.54, 1.807) is 12.1 Å². The molecule has 3 heterocycles. The van der Waals surface area contributed by atoms with E-state index in [1.165, 1.54) is 15.6 Å². The Morgan fingerprint density at radius 1 is 1.33 bits per heavy atom. The molecule has 9 heteroatoms. The molecule has 1 aromatic heterocycles. The number of nitrogens with zero attached hydrogens (tertiary/aromatic N) is 2. The molecule has 24 heavy (non-hydrogen) atoms. The summed E-state index contributed by atoms with van der Waals surface area (Å²) in [7, 11) is -3.52. The Labute approximate surface area is 154 Å². The van der Waals surface area contributed by atoms with Crippen LogP contribution in [0.2, 0.25) is 0 Å². The first-order chi connectivity index (χ1) is 11.4. The Kier molecular flexibility index (Phi) is 5.65. The van der Waals surface area contributed by atoms with Gasteiger partial charge >= 0.3 is 0 Å². The molecule has 0 aliphatic carbocycles. The summed E-state index contributed by atoms with van der Waals surface area (Å²) in [6.45, 7) is 4.41. The third kappa shape index (κ3) is 3.85. The van der Waals surface area contributed by atoms with E-state index < -0.39 is 10.0 Å². The predicted octanol–water partition coefficient (Wildman–Crippen LogP) is 2.16. The molecule has 2 saturated heterocycles. The van der Waals surface area contributed by atoms with Crippen LogP contribution >= 0.6 is 27.3 Å². The lowest BCUT2D eigenvalue weighted by atomic mass is 9.97. The molecule has 1 aromatic rings. The van der Waals surface area contributed by atoms with Gasteiger partial charge in [-0.15, -0.1) is 11.3 Å². The number of ether oxygens (including phenoxy) is 1. The zero-order valence-electron chi connectivity index (χ0n) is 13.5. The fraction of sp³-hybridized carbons (Fsp3) is 0.667. The fourth-order valence-corrected chi connectivity index (χ4v) is 6.89. The average Bonchev–Trinajstić information content (AvgIpc) is 3.01. The molecule has 2 atom stereocenters. The van der Waals surface area contributed by atoms with E-state index in [0.29, 0.717) is 36.9 Å². The van der Waals surface area contributed by atoms with E-state index in [0.717, 1.165) is 10.2 Å². The van der Waals surface area contributed by atoms with Gasteiger partial charge in [0.2, 0.25) is 5.91 Å². The van der Waals surface area contributed by atoms with E-state index in [9.17, 15) is 13.2 Å². The first-order valence-corrected chi connectivity index (χ1v) is 11.1. The summed E-state index contributed by atoms with van der Waals surface area (Å²) in [4.78, 5) is 14.6. The first kappa shape index (κ1) is 18.3. The van der Waals surface area contributed by atoms with Crippen molar-refractivity contribution in [3.8, 4) is 0 Å². The minimum atomic E-state index is -3.52. The van der Waals surface area contributed by atoms with Crippen LogP contribution in [0.3, 0.4) is 0 Å². The van der Waals surface area contributed by atoms with Crippen molar-refractivity contribution in [3.05, 3.63) is 15.9 Å². The largest absolute Gasteiger partial charge is 0.375 e. The number of sulfonamides is 1. The molecular formula is C15H21BrN2O4S2. The number of carbonyl (C=O) groups excluding carboxylic acids is 1. The number of morpholine rings is 1. The number of carbonyl (C=O) groups is 1. The molecule has 2 aliphatic rings. The van der Waals surface area contributed by atoms with Crippen LogP contribution in [0.4, 0.5) is 0 Å². The third-order valence-electron chi connectivity index (χ3n) is 4.43. The average molecular weight is 437 g/mol. The molecule has 134 valence electrons. The van der Waals surface area contributed by atoms with Crippen molar-refractivity contribution < 1.29 is 17.9 Å². The summed E-state index contributed by atoms with van der Waals surface area (Å²) in [5.74, 6) is -0.209. The second kappa shape index (κ2) is 7.41. The van der Waals surface area contributed by atoms with Crippen LogP contribution in [-0.2, 0) is 19.6 Å². The van der Waals surface area contributed by atoms with Crippen LogP contribution in [0.1, 0.15) is 19.8 Å². The topological polar surface area (TPSA) is 66.9 Å². The molecule has 1 amide bonds. The summed E-state index contributed by atoms with van der Waals surface area (Å²) >= 11 is 4.51. The van der Waals surface area contributed by atoms with Gasteiger partial charge in [0.15, 0.2) is 0 Å². The van der Waals surface area contributed by atoms with Crippen molar-refractivity contribution in [3.63, 3.8) is 0 Å². The first-order valence-electron chi connectivity index (χ1n) is 8.04. The van der Waals surface area contributed by atoms with Crippen molar-refractivity contribution in [2.45, 2.75) is 30.1 Å². The maximum atomic E-state index is 12.8. The lowest BCUT2D eigenvalue weighted by Gasteiger charge is -2.37. The zero-order valence-corrected chi connectivity index (χ0v) is 16.7. The van der Waals surface area contributed by atoms with Crippen LogP contribution in [-0.4, -0.2) is 62.4 Å². The molecule has 0 radical (unpaired) electrons. The highest BCUT2D eigenvalue weighted by atomic mass is 79.9. The standard InChI is InChI=1S/C15H21BrN2O4S2/c1-11-9-17(7-8-22-11)15(19)12-3-2-6-18(10-12)24(20,21)14-5-4-13(16)23-14/h4-5,11-12H,2-3,6-10H2,1H3/t11-,12+/m0/s1. The molecule has 0 saturated carbocycles. The molecule has 2 fully saturated rings. The summed E-state index contributed by atoms with van der Waals surface area (Å²) in [6.07, 6.45) is 1.49. The number of piperidine rings is 1. The van der Waals surface area contributed by atoms with Gasteiger partial charge in [-0.05, 0) is 47.8 Å². The summed E-state index contributed by atoms with van der Waals surface area (Å²) < 4.78 is 33.6. The van der Waals surface area contributed by atoms with Crippen molar-refractivity contribution in [1.82, 2.24) is 9.21 Å². The van der Waals surface area contributed by atoms with Gasteiger partial charge in [0.25, 0.3) is 10.0 Å². The van der Waals surface area contributed by atoms with Gasteiger partial charge in [0.1, 0.15) is 4.21 Å². The van der Waals surface area contributed by atoms with Gasteiger partial charge in [-0.2, -0.15) is 4.31 Å². The van der Waals surface area contributed by atoms with Gasteiger partial charge in [0, 0.05) is 26.2 Å². The quantitative estimate of drug-likeness (QED) is 0.727. The number of hydrogen-bond donors (Lipinski definition) is 0. The molecular weight excluding hydrogens is 416 g/mol. The highest BCUT2D eigenvalue weighted by molar-refractivity contribution is 9.11. The molecule has 0 N–H and O–H groups in total. The van der Waals surface area contributed by atoms with Crippen molar-refractivity contribution in [1.29, 1.82) is 0 Å². The summed E-state index contributed by atoms with van der Waals surface area (Å²) in [5, 5.41) is 0. The highest BCUT2D eigenvalue weighted by Crippen LogP contribution is 2.31. The Hall–Kier alpha value is -0.480. The maximum absolute atomic E-state index is 12.8. The van der Waals surface area contributed by atoms with E-state index in [1.807, 2.05) is 11.8 Å². The van der Waals surface area contributed by atoms with Crippen molar-refractivity contribution in [2.75, 3.05) is 32.8 Å². The summed E-state index contributed by atoms with van der Waals surface area (Å²) in [5.41, 5.74) is 0. The smallest absolute Gasteiger partial charge is 0.252 e. The fourth-order valence-electron chi connectivity index (χ4n) is 3.20. The van der Waals surface area contributed by atoms with E-state index >= 15 is 0 Å². The van der Waals surface area contributed by atoms with Crippen LogP contribution in [0.15, 0.2) is 20.1 Å². The van der Waals surface area contributed by atoms with Gasteiger partial charge < -0.3 is 9.64 Å². The number of halogens is 1. The molecule has 0 spiro atoms. The van der Waals surface area contributed by atoms with Crippen molar-refractivity contribution >= 4 is 43.2 Å². The van der Waals surface area contributed by atoms with Gasteiger partial charge in [-0.1, -0.05) is 0 Å². The van der Waals surface area contributed by atoms with E-state index in [-0.39, 0.29) is 24.5 Å². The van der Waals surface area contributed by atoms with E-state index in [2.05, 4.69) is 15.9 Å². The third-order valence-corrected chi connectivity index (χ3v) is 8.39. The number of amides is 1. The Morgan fingerprint density at radius 2 is 2.12 bits per heavy atom. The second-order valence-electron chi connectivity index (χ2n) is 6.23. The Bertz CT molecular complexity index is 706. The van der Waals surface area contributed by atoms with Gasteiger partial charge in [0.05, 0.1) is 22.4 Å². The minimum absolute atomic E-state index is 0.0367. The Morgan fingerprint density at radius 3 is 2.79 bits per heavy atom. The second-order valence-corrected chi connectivity index (χ2v) is 10.9. The lowest BCUT2D eigenvalue weighted by molar-refractivity contribution is -0.143. The normalized spacial score (nSPS) is 26.5. The highest BCUT2D eigenvalue weighted by Gasteiger charge is 2.36. The summed E-state index contributed by atoms with van der Waals surface area (Å²) in [6, 6.07) is 3.35. The molecule has 0 unspecified atom stereocenters. The molecule has 3 rings (SSSR count). The van der Waals surface area contributed by atoms with Crippen LogP contribution in [0, 0.1) is 5.92 Å². The monoisotopic (exact) mass is 436 g/mol. The zero-order chi connectivity index (χ0) is 17.3. The molecule has 0 bridgehead atoms. The lowest BCUT2D eigenvalue weighted by Crippen LogP contribution is -2.51. The predicted molar refractivity (Wildman–Crippen MR) is 95.5 cm³/mol. The number of rotatable bonds is 3. The van der Waals surface area contributed by atoms with Crippen LogP contribution < -0.4 is 0 Å². The molecule has 2 aliphatic heterocycles. The number of thiophene rings is 1. The maximum Gasteiger partial charge on any atom is 0.252 e. The van der Waals surface area contributed by atoms with E-state index in [4.69, 9.17) is 4.74 Å². The number of hydrogen-bond acceptors (Lipinski definition) is 5. The SMILES string of the molecule is C[C@H]1CN(C(=O)[C@@H]2CCCN(S(=O)(=O)c3ccc(Br)s3)C2)CCO1. The van der Waals surface area contributed by atoms with Gasteiger partial charge in [-0.3, -0.25) is 4.79 Å². The Balaban J connectivity index is 1.71. The molecule has 0 aromatic carbocycles. The van der Waals surface area contributed by atoms with Crippen LogP contribution in [0.25, 0.3) is 0 Å².